The van der Waals surface area contributed by atoms with Gasteiger partial charge in [0.15, 0.2) is 0 Å². The van der Waals surface area contributed by atoms with E-state index >= 15 is 0 Å². The lowest BCUT2D eigenvalue weighted by atomic mass is 9.75. The van der Waals surface area contributed by atoms with Gasteiger partial charge in [0.2, 0.25) is 0 Å². The molecule has 0 saturated heterocycles. The Morgan fingerprint density at radius 3 is 1.95 bits per heavy atom. The minimum absolute atomic E-state index is 0.685. The maximum absolute atomic E-state index is 3.07. The Kier molecular flexibility index (Phi) is 3.99. The summed E-state index contributed by atoms with van der Waals surface area (Å²) in [6.45, 7) is 0. The summed E-state index contributed by atoms with van der Waals surface area (Å²) in [6.07, 6.45) is 3.91. The highest BCUT2D eigenvalue weighted by molar-refractivity contribution is 7.17. The average molecular weight is 268 g/mol. The first-order chi connectivity index (χ1) is 9.34. The SMILES string of the molecule is PC1CCC(c2ccccc2)CC1c1ccccc1. The Bertz CT molecular complexity index is 506. The highest BCUT2D eigenvalue weighted by atomic mass is 31.0. The monoisotopic (exact) mass is 268 g/mol. The molecule has 1 aliphatic carbocycles. The third-order valence-electron chi connectivity index (χ3n) is 4.40. The second kappa shape index (κ2) is 5.88. The molecule has 0 amide bonds. The first-order valence-electron chi connectivity index (χ1n) is 7.20. The normalized spacial score (nSPS) is 27.1. The van der Waals surface area contributed by atoms with Gasteiger partial charge in [-0.1, -0.05) is 60.7 Å². The number of hydrogen-bond donors (Lipinski definition) is 0. The summed E-state index contributed by atoms with van der Waals surface area (Å²) in [5, 5.41) is 0. The highest BCUT2D eigenvalue weighted by Crippen LogP contribution is 2.44. The van der Waals surface area contributed by atoms with Gasteiger partial charge in [0.1, 0.15) is 0 Å². The first-order valence-corrected chi connectivity index (χ1v) is 7.87. The molecular formula is C18H21P. The molecule has 0 N–H and O–H groups in total. The van der Waals surface area contributed by atoms with E-state index in [1.165, 1.54) is 30.4 Å². The van der Waals surface area contributed by atoms with E-state index in [0.717, 1.165) is 11.6 Å². The van der Waals surface area contributed by atoms with E-state index < -0.39 is 0 Å². The predicted molar refractivity (Wildman–Crippen MR) is 85.7 cm³/mol. The Hall–Kier alpha value is -1.13. The van der Waals surface area contributed by atoms with Gasteiger partial charge in [-0.05, 0) is 47.9 Å². The molecule has 2 aromatic rings. The average Bonchev–Trinajstić information content (AvgIpc) is 2.49. The number of hydrogen-bond acceptors (Lipinski definition) is 0. The summed E-state index contributed by atoms with van der Waals surface area (Å²) < 4.78 is 0. The number of benzene rings is 2. The van der Waals surface area contributed by atoms with Gasteiger partial charge in [0, 0.05) is 0 Å². The Morgan fingerprint density at radius 2 is 1.32 bits per heavy atom. The fourth-order valence-corrected chi connectivity index (χ4v) is 3.88. The van der Waals surface area contributed by atoms with Crippen molar-refractivity contribution in [2.24, 2.45) is 0 Å². The maximum atomic E-state index is 3.07. The van der Waals surface area contributed by atoms with Crippen LogP contribution >= 0.6 is 9.24 Å². The molecule has 98 valence electrons. The zero-order valence-corrected chi connectivity index (χ0v) is 12.4. The van der Waals surface area contributed by atoms with Gasteiger partial charge < -0.3 is 0 Å². The molecule has 0 nitrogen and oxygen atoms in total. The van der Waals surface area contributed by atoms with Crippen LogP contribution in [0.4, 0.5) is 0 Å². The summed E-state index contributed by atoms with van der Waals surface area (Å²) in [5.41, 5.74) is 3.74. The standard InChI is InChI=1S/C18H21P/c19-18-12-11-16(14-7-3-1-4-8-14)13-17(18)15-9-5-2-6-10-15/h1-10,16-18H,11-13,19H2. The largest absolute Gasteiger partial charge is 0.134 e. The van der Waals surface area contributed by atoms with Crippen LogP contribution in [0.5, 0.6) is 0 Å². The Morgan fingerprint density at radius 1 is 0.737 bits per heavy atom. The van der Waals surface area contributed by atoms with Crippen molar-refractivity contribution in [3.63, 3.8) is 0 Å². The van der Waals surface area contributed by atoms with Crippen LogP contribution in [0.15, 0.2) is 60.7 Å². The van der Waals surface area contributed by atoms with E-state index in [2.05, 4.69) is 69.9 Å². The fraction of sp³-hybridized carbons (Fsp3) is 0.333. The van der Waals surface area contributed by atoms with Crippen molar-refractivity contribution in [1.82, 2.24) is 0 Å². The lowest BCUT2D eigenvalue weighted by Gasteiger charge is -2.34. The van der Waals surface area contributed by atoms with E-state index in [0.29, 0.717) is 5.92 Å². The summed E-state index contributed by atoms with van der Waals surface area (Å²) in [4.78, 5) is 0. The van der Waals surface area contributed by atoms with Crippen molar-refractivity contribution in [3.8, 4) is 0 Å². The minimum atomic E-state index is 0.685. The minimum Gasteiger partial charge on any atom is -0.134 e. The maximum Gasteiger partial charge on any atom is -0.00932 e. The second-order valence-electron chi connectivity index (χ2n) is 5.60. The third-order valence-corrected chi connectivity index (χ3v) is 5.20. The van der Waals surface area contributed by atoms with Crippen molar-refractivity contribution in [2.75, 3.05) is 0 Å². The molecule has 0 bridgehead atoms. The van der Waals surface area contributed by atoms with Gasteiger partial charge in [-0.15, -0.1) is 9.24 Å². The Balaban J connectivity index is 1.82. The number of rotatable bonds is 2. The zero-order chi connectivity index (χ0) is 13.1. The smallest absolute Gasteiger partial charge is 0.00932 e. The summed E-state index contributed by atoms with van der Waals surface area (Å²) in [7, 11) is 3.07. The second-order valence-corrected chi connectivity index (χ2v) is 6.46. The van der Waals surface area contributed by atoms with E-state index in [1.807, 2.05) is 0 Å². The lowest BCUT2D eigenvalue weighted by molar-refractivity contribution is 0.404. The van der Waals surface area contributed by atoms with Crippen LogP contribution in [0, 0.1) is 0 Å². The van der Waals surface area contributed by atoms with Gasteiger partial charge in [0.25, 0.3) is 0 Å². The van der Waals surface area contributed by atoms with Gasteiger partial charge in [0.05, 0.1) is 0 Å². The summed E-state index contributed by atoms with van der Waals surface area (Å²) in [6, 6.07) is 22.0. The molecule has 0 aromatic heterocycles. The molecular weight excluding hydrogens is 247 g/mol. The van der Waals surface area contributed by atoms with Gasteiger partial charge in [-0.25, -0.2) is 0 Å². The molecule has 0 aliphatic heterocycles. The van der Waals surface area contributed by atoms with Crippen LogP contribution in [-0.2, 0) is 0 Å². The molecule has 0 spiro atoms. The van der Waals surface area contributed by atoms with Crippen LogP contribution in [-0.4, -0.2) is 5.66 Å². The summed E-state index contributed by atoms with van der Waals surface area (Å²) >= 11 is 0. The molecule has 2 aromatic carbocycles. The molecule has 1 heteroatoms. The van der Waals surface area contributed by atoms with Crippen molar-refractivity contribution >= 4 is 9.24 Å². The quantitative estimate of drug-likeness (QED) is 0.674. The third kappa shape index (κ3) is 2.90. The van der Waals surface area contributed by atoms with Crippen LogP contribution in [0.2, 0.25) is 0 Å². The van der Waals surface area contributed by atoms with Gasteiger partial charge >= 0.3 is 0 Å². The van der Waals surface area contributed by atoms with Crippen molar-refractivity contribution in [3.05, 3.63) is 71.8 Å². The van der Waals surface area contributed by atoms with E-state index in [-0.39, 0.29) is 0 Å². The van der Waals surface area contributed by atoms with Crippen LogP contribution < -0.4 is 0 Å². The molecule has 1 fully saturated rings. The lowest BCUT2D eigenvalue weighted by Crippen LogP contribution is -2.22. The molecule has 0 radical (unpaired) electrons. The molecule has 4 atom stereocenters. The predicted octanol–water partition coefficient (Wildman–Crippen LogP) is 4.98. The van der Waals surface area contributed by atoms with Crippen molar-refractivity contribution in [1.29, 1.82) is 0 Å². The van der Waals surface area contributed by atoms with Crippen LogP contribution in [0.3, 0.4) is 0 Å². The van der Waals surface area contributed by atoms with Crippen molar-refractivity contribution in [2.45, 2.75) is 36.8 Å². The topological polar surface area (TPSA) is 0 Å². The molecule has 3 rings (SSSR count). The van der Waals surface area contributed by atoms with Crippen LogP contribution in [0.25, 0.3) is 0 Å². The van der Waals surface area contributed by atoms with Crippen molar-refractivity contribution < 1.29 is 0 Å². The van der Waals surface area contributed by atoms with Gasteiger partial charge in [-0.3, -0.25) is 0 Å². The zero-order valence-electron chi connectivity index (χ0n) is 11.2. The van der Waals surface area contributed by atoms with E-state index in [1.54, 1.807) is 0 Å². The first kappa shape index (κ1) is 12.9. The Labute approximate surface area is 118 Å². The molecule has 0 heterocycles. The molecule has 1 saturated carbocycles. The van der Waals surface area contributed by atoms with E-state index in [4.69, 9.17) is 0 Å². The molecule has 4 unspecified atom stereocenters. The highest BCUT2D eigenvalue weighted by Gasteiger charge is 2.29. The fourth-order valence-electron chi connectivity index (χ4n) is 3.31. The molecule has 1 aliphatic rings. The summed E-state index contributed by atoms with van der Waals surface area (Å²) in [5.74, 6) is 1.41. The van der Waals surface area contributed by atoms with Crippen LogP contribution in [0.1, 0.15) is 42.2 Å². The van der Waals surface area contributed by atoms with E-state index in [9.17, 15) is 0 Å². The molecule has 19 heavy (non-hydrogen) atoms. The van der Waals surface area contributed by atoms with Gasteiger partial charge in [-0.2, -0.15) is 0 Å².